The second kappa shape index (κ2) is 6.45. The monoisotopic (exact) mass is 426 g/mol. The van der Waals surface area contributed by atoms with E-state index < -0.39 is 0 Å². The molecule has 168 valence electrons. The maximum absolute atomic E-state index is 5.40. The lowest BCUT2D eigenvalue weighted by Gasteiger charge is -2.60. The molecule has 0 spiro atoms. The first-order valence-corrected chi connectivity index (χ1v) is 13.3. The van der Waals surface area contributed by atoms with Crippen molar-refractivity contribution in [3.63, 3.8) is 0 Å². The van der Waals surface area contributed by atoms with E-state index in [1.165, 1.54) is 72.4 Å². The van der Waals surface area contributed by atoms with Gasteiger partial charge in [-0.05, 0) is 109 Å². The summed E-state index contributed by atoms with van der Waals surface area (Å²) in [5, 5.41) is 0. The van der Waals surface area contributed by atoms with Crippen LogP contribution in [-0.4, -0.2) is 9.97 Å². The summed E-state index contributed by atoms with van der Waals surface area (Å²) in [5.41, 5.74) is 8.95. The van der Waals surface area contributed by atoms with Gasteiger partial charge in [-0.2, -0.15) is 0 Å². The van der Waals surface area contributed by atoms with Crippen LogP contribution in [0.1, 0.15) is 101 Å². The second-order valence-corrected chi connectivity index (χ2v) is 13.1. The number of aromatic nitrogens is 2. The van der Waals surface area contributed by atoms with E-state index in [0.29, 0.717) is 22.7 Å². The normalized spacial score (nSPS) is 37.5. The van der Waals surface area contributed by atoms with Crippen LogP contribution in [0.25, 0.3) is 11.4 Å². The van der Waals surface area contributed by atoms with Crippen LogP contribution in [0.5, 0.6) is 0 Å². The molecule has 0 aliphatic heterocycles. The highest BCUT2D eigenvalue weighted by Crippen LogP contribution is 2.65. The summed E-state index contributed by atoms with van der Waals surface area (Å²) in [5.74, 6) is 4.78. The van der Waals surface area contributed by atoms with Gasteiger partial charge in [0, 0.05) is 23.2 Å². The van der Waals surface area contributed by atoms with E-state index in [4.69, 9.17) is 9.97 Å². The minimum atomic E-state index is 0.498. The average Bonchev–Trinajstić information content (AvgIpc) is 2.83. The van der Waals surface area contributed by atoms with Crippen molar-refractivity contribution >= 4 is 0 Å². The minimum absolute atomic E-state index is 0.498. The summed E-state index contributed by atoms with van der Waals surface area (Å²) < 4.78 is 0. The molecule has 0 radical (unpaired) electrons. The van der Waals surface area contributed by atoms with Crippen LogP contribution in [0.4, 0.5) is 0 Å². The van der Waals surface area contributed by atoms with Crippen molar-refractivity contribution in [2.24, 2.45) is 34.5 Å². The Morgan fingerprint density at radius 2 is 1.06 bits per heavy atom. The van der Waals surface area contributed by atoms with Gasteiger partial charge < -0.3 is 0 Å². The predicted molar refractivity (Wildman–Crippen MR) is 130 cm³/mol. The summed E-state index contributed by atoms with van der Waals surface area (Å²) >= 11 is 0. The summed E-state index contributed by atoms with van der Waals surface area (Å²) in [6, 6.07) is 9.52. The zero-order valence-corrected chi connectivity index (χ0v) is 20.3. The van der Waals surface area contributed by atoms with Crippen molar-refractivity contribution < 1.29 is 0 Å². The van der Waals surface area contributed by atoms with Crippen LogP contribution in [0, 0.1) is 34.5 Å². The van der Waals surface area contributed by atoms with Crippen LogP contribution < -0.4 is 0 Å². The highest BCUT2D eigenvalue weighted by atomic mass is 14.8. The van der Waals surface area contributed by atoms with Gasteiger partial charge in [-0.25, -0.2) is 0 Å². The minimum Gasteiger partial charge on any atom is -0.251 e. The molecular formula is C30H38N2. The second-order valence-electron chi connectivity index (χ2n) is 13.1. The molecule has 6 atom stereocenters. The summed E-state index contributed by atoms with van der Waals surface area (Å²) in [4.78, 5) is 10.8. The Morgan fingerprint density at radius 1 is 0.625 bits per heavy atom. The van der Waals surface area contributed by atoms with Crippen LogP contribution >= 0.6 is 0 Å². The Hall–Kier alpha value is -1.70. The summed E-state index contributed by atoms with van der Waals surface area (Å²) in [6.07, 6.45) is 10.5. The zero-order valence-electron chi connectivity index (χ0n) is 20.3. The van der Waals surface area contributed by atoms with Crippen molar-refractivity contribution in [3.05, 3.63) is 46.8 Å². The lowest BCUT2D eigenvalue weighted by Crippen LogP contribution is -2.51. The van der Waals surface area contributed by atoms with E-state index in [1.54, 1.807) is 0 Å². The van der Waals surface area contributed by atoms with E-state index in [1.807, 2.05) is 0 Å². The van der Waals surface area contributed by atoms with Gasteiger partial charge in [0.15, 0.2) is 0 Å². The number of hydrogen-bond donors (Lipinski definition) is 0. The van der Waals surface area contributed by atoms with Gasteiger partial charge in [-0.1, -0.05) is 39.8 Å². The number of rotatable bonds is 2. The fourth-order valence-electron chi connectivity index (χ4n) is 8.83. The molecule has 2 aromatic rings. The van der Waals surface area contributed by atoms with Crippen LogP contribution in [0.3, 0.4) is 0 Å². The molecule has 7 aliphatic carbocycles. The standard InChI is InChI=1S/C30H38N2/c1-29(2)19-9-11-21(23(29)15-19)25-13-7-17-5-6-18-8-14-26(32-28(18)27(17)31-25)22-12-10-20-16-24(22)30(20,3)4/h7-8,13-14,19-24H,5-6,9-12,15-16H2,1-4H3/t19-,20-,21-,22-,23-,24-/m0/s1. The van der Waals surface area contributed by atoms with Crippen molar-refractivity contribution in [2.75, 3.05) is 0 Å². The fourth-order valence-corrected chi connectivity index (χ4v) is 8.83. The Labute approximate surface area is 193 Å². The van der Waals surface area contributed by atoms with Crippen LogP contribution in [0.15, 0.2) is 24.3 Å². The molecule has 9 rings (SSSR count). The van der Waals surface area contributed by atoms with Crippen LogP contribution in [-0.2, 0) is 12.8 Å². The molecule has 0 aromatic carbocycles. The number of aryl methyl sites for hydroxylation is 2. The average molecular weight is 427 g/mol. The highest BCUT2D eigenvalue weighted by Gasteiger charge is 2.56. The van der Waals surface area contributed by atoms with Gasteiger partial charge in [-0.3, -0.25) is 9.97 Å². The largest absolute Gasteiger partial charge is 0.251 e. The predicted octanol–water partition coefficient (Wildman–Crippen LogP) is 7.32. The zero-order chi connectivity index (χ0) is 21.8. The van der Waals surface area contributed by atoms with Gasteiger partial charge in [0.05, 0.1) is 11.4 Å². The fraction of sp³-hybridized carbons (Fsp3) is 0.667. The number of pyridine rings is 2. The first-order valence-electron chi connectivity index (χ1n) is 13.3. The Balaban J connectivity index is 1.26. The molecule has 7 aliphatic rings. The molecule has 6 fully saturated rings. The highest BCUT2D eigenvalue weighted by molar-refractivity contribution is 5.66. The molecule has 4 bridgehead atoms. The molecule has 0 amide bonds. The molecule has 32 heavy (non-hydrogen) atoms. The van der Waals surface area contributed by atoms with Gasteiger partial charge >= 0.3 is 0 Å². The molecule has 2 heterocycles. The third kappa shape index (κ3) is 2.53. The lowest BCUT2D eigenvalue weighted by atomic mass is 9.45. The third-order valence-electron chi connectivity index (χ3n) is 11.4. The summed E-state index contributed by atoms with van der Waals surface area (Å²) in [6.45, 7) is 9.98. The van der Waals surface area contributed by atoms with Crippen molar-refractivity contribution in [1.82, 2.24) is 9.97 Å². The lowest BCUT2D eigenvalue weighted by molar-refractivity contribution is -0.0814. The smallest absolute Gasteiger partial charge is 0.0924 e. The van der Waals surface area contributed by atoms with Gasteiger partial charge in [0.25, 0.3) is 0 Å². The van der Waals surface area contributed by atoms with E-state index in [9.17, 15) is 0 Å². The van der Waals surface area contributed by atoms with Crippen molar-refractivity contribution in [3.8, 4) is 11.4 Å². The van der Waals surface area contributed by atoms with E-state index in [-0.39, 0.29) is 0 Å². The molecule has 0 saturated heterocycles. The summed E-state index contributed by atoms with van der Waals surface area (Å²) in [7, 11) is 0. The SMILES string of the molecule is CC1(C)[C@H]2CC[C@H](c3ccc4c(n3)-c3nc([C@H]5CC[C@H]6C[C@@H]5C6(C)C)ccc3CC4)[C@@H]1C2. The van der Waals surface area contributed by atoms with E-state index in [0.717, 1.165) is 36.5 Å². The number of nitrogens with zero attached hydrogens (tertiary/aromatic N) is 2. The maximum atomic E-state index is 5.40. The Morgan fingerprint density at radius 3 is 1.44 bits per heavy atom. The first kappa shape index (κ1) is 19.7. The van der Waals surface area contributed by atoms with Crippen LogP contribution in [0.2, 0.25) is 0 Å². The molecule has 6 saturated carbocycles. The van der Waals surface area contributed by atoms with Crippen molar-refractivity contribution in [2.45, 2.75) is 90.9 Å². The van der Waals surface area contributed by atoms with E-state index in [2.05, 4.69) is 52.0 Å². The molecular weight excluding hydrogens is 388 g/mol. The first-order chi connectivity index (χ1) is 15.3. The quantitative estimate of drug-likeness (QED) is 0.503. The third-order valence-corrected chi connectivity index (χ3v) is 11.4. The number of hydrogen-bond acceptors (Lipinski definition) is 2. The topological polar surface area (TPSA) is 25.8 Å². The van der Waals surface area contributed by atoms with Crippen molar-refractivity contribution in [1.29, 1.82) is 0 Å². The van der Waals surface area contributed by atoms with Gasteiger partial charge in [-0.15, -0.1) is 0 Å². The van der Waals surface area contributed by atoms with Gasteiger partial charge in [0.2, 0.25) is 0 Å². The molecule has 0 unspecified atom stereocenters. The Bertz CT molecular complexity index is 1000. The molecule has 0 N–H and O–H groups in total. The van der Waals surface area contributed by atoms with Gasteiger partial charge in [0.1, 0.15) is 0 Å². The maximum Gasteiger partial charge on any atom is 0.0924 e. The molecule has 2 aromatic heterocycles. The Kier molecular flexibility index (Phi) is 3.98. The molecule has 2 heteroatoms. The number of fused-ring (bicyclic) bond motifs is 7. The molecule has 2 nitrogen and oxygen atoms in total. The van der Waals surface area contributed by atoms with E-state index >= 15 is 0 Å².